The number of anilines is 1. The molecule has 0 saturated carbocycles. The molecule has 0 aliphatic carbocycles. The van der Waals surface area contributed by atoms with E-state index in [1.165, 1.54) is 6.07 Å². The summed E-state index contributed by atoms with van der Waals surface area (Å²) in [4.78, 5) is 4.51. The minimum atomic E-state index is -3.48. The monoisotopic (exact) mass is 377 g/mol. The lowest BCUT2D eigenvalue weighted by atomic mass is 10.2. The largest absolute Gasteiger partial charge is 0.367 e. The molecule has 1 heterocycles. The number of sulfonamides is 1. The van der Waals surface area contributed by atoms with Crippen molar-refractivity contribution in [3.63, 3.8) is 0 Å². The Labute approximate surface area is 154 Å². The quantitative estimate of drug-likeness (QED) is 0.839. The van der Waals surface area contributed by atoms with Gasteiger partial charge in [-0.25, -0.2) is 17.5 Å². The molecule has 1 aliphatic rings. The highest BCUT2D eigenvalue weighted by atomic mass is 32.2. The Balaban J connectivity index is 1.48. The van der Waals surface area contributed by atoms with Crippen LogP contribution in [0.1, 0.15) is 5.56 Å². The van der Waals surface area contributed by atoms with Gasteiger partial charge in [0.2, 0.25) is 10.0 Å². The van der Waals surface area contributed by atoms with Crippen molar-refractivity contribution >= 4 is 15.7 Å². The molecule has 1 saturated heterocycles. The molecule has 5 nitrogen and oxygen atoms in total. The highest BCUT2D eigenvalue weighted by Crippen LogP contribution is 2.20. The number of para-hydroxylation sites is 1. The maximum atomic E-state index is 13.9. The van der Waals surface area contributed by atoms with Gasteiger partial charge in [-0.1, -0.05) is 24.3 Å². The lowest BCUT2D eigenvalue weighted by Gasteiger charge is -2.36. The highest BCUT2D eigenvalue weighted by Gasteiger charge is 2.20. The van der Waals surface area contributed by atoms with Gasteiger partial charge < -0.3 is 4.90 Å². The smallest absolute Gasteiger partial charge is 0.240 e. The van der Waals surface area contributed by atoms with Gasteiger partial charge in [-0.2, -0.15) is 0 Å². The van der Waals surface area contributed by atoms with Crippen LogP contribution in [0.3, 0.4) is 0 Å². The van der Waals surface area contributed by atoms with Gasteiger partial charge >= 0.3 is 0 Å². The van der Waals surface area contributed by atoms with Crippen molar-refractivity contribution in [2.24, 2.45) is 0 Å². The standard InChI is InChI=1S/C19H24FN3O2S/c1-16-5-4-6-17(15-16)26(24,25)21-9-10-22-11-13-23(14-12-22)19-8-3-2-7-18(19)20/h2-8,15,21H,9-14H2,1H3. The number of hydrogen-bond donors (Lipinski definition) is 1. The van der Waals surface area contributed by atoms with E-state index in [1.54, 1.807) is 30.3 Å². The zero-order valence-electron chi connectivity index (χ0n) is 14.9. The number of nitrogens with zero attached hydrogens (tertiary/aromatic N) is 2. The number of nitrogens with one attached hydrogen (secondary N) is 1. The molecule has 0 amide bonds. The molecular weight excluding hydrogens is 353 g/mol. The van der Waals surface area contributed by atoms with Crippen LogP contribution in [0.4, 0.5) is 10.1 Å². The Morgan fingerprint density at radius 2 is 1.77 bits per heavy atom. The molecule has 0 atom stereocenters. The fourth-order valence-corrected chi connectivity index (χ4v) is 4.25. The highest BCUT2D eigenvalue weighted by molar-refractivity contribution is 7.89. The summed E-state index contributed by atoms with van der Waals surface area (Å²) in [5.41, 5.74) is 1.55. The Bertz CT molecular complexity index is 849. The first-order chi connectivity index (χ1) is 12.5. The van der Waals surface area contributed by atoms with E-state index in [4.69, 9.17) is 0 Å². The third-order valence-electron chi connectivity index (χ3n) is 4.59. The number of piperazine rings is 1. The van der Waals surface area contributed by atoms with Gasteiger partial charge in [-0.05, 0) is 36.8 Å². The molecule has 1 fully saturated rings. The number of rotatable bonds is 6. The molecule has 1 N–H and O–H groups in total. The van der Waals surface area contributed by atoms with Gasteiger partial charge in [0.05, 0.1) is 10.6 Å². The van der Waals surface area contributed by atoms with Crippen LogP contribution in [0.2, 0.25) is 0 Å². The average Bonchev–Trinajstić information content (AvgIpc) is 2.63. The van der Waals surface area contributed by atoms with E-state index >= 15 is 0 Å². The summed E-state index contributed by atoms with van der Waals surface area (Å²) in [5.74, 6) is -0.202. The summed E-state index contributed by atoms with van der Waals surface area (Å²) in [7, 11) is -3.48. The number of halogens is 1. The van der Waals surface area contributed by atoms with E-state index in [2.05, 4.69) is 9.62 Å². The second-order valence-corrected chi connectivity index (χ2v) is 8.26. The zero-order chi connectivity index (χ0) is 18.6. The zero-order valence-corrected chi connectivity index (χ0v) is 15.7. The number of benzene rings is 2. The van der Waals surface area contributed by atoms with Crippen molar-refractivity contribution in [1.82, 2.24) is 9.62 Å². The lowest BCUT2D eigenvalue weighted by molar-refractivity contribution is 0.261. The van der Waals surface area contributed by atoms with E-state index in [1.807, 2.05) is 24.0 Å². The van der Waals surface area contributed by atoms with Crippen LogP contribution in [0.5, 0.6) is 0 Å². The van der Waals surface area contributed by atoms with Crippen molar-refractivity contribution in [1.29, 1.82) is 0 Å². The topological polar surface area (TPSA) is 52.7 Å². The molecule has 0 radical (unpaired) electrons. The van der Waals surface area contributed by atoms with Crippen molar-refractivity contribution < 1.29 is 12.8 Å². The SMILES string of the molecule is Cc1cccc(S(=O)(=O)NCCN2CCN(c3ccccc3F)CC2)c1. The third kappa shape index (κ3) is 4.60. The van der Waals surface area contributed by atoms with Gasteiger partial charge in [-0.15, -0.1) is 0 Å². The summed E-state index contributed by atoms with van der Waals surface area (Å²) >= 11 is 0. The van der Waals surface area contributed by atoms with E-state index in [0.29, 0.717) is 23.7 Å². The summed E-state index contributed by atoms with van der Waals surface area (Å²) in [6.45, 7) is 5.87. The van der Waals surface area contributed by atoms with Gasteiger partial charge in [0.15, 0.2) is 0 Å². The Kier molecular flexibility index (Phi) is 5.90. The molecule has 0 unspecified atom stereocenters. The van der Waals surface area contributed by atoms with Crippen LogP contribution < -0.4 is 9.62 Å². The summed E-state index contributed by atoms with van der Waals surface area (Å²) in [6.07, 6.45) is 0. The second-order valence-electron chi connectivity index (χ2n) is 6.49. The summed E-state index contributed by atoms with van der Waals surface area (Å²) < 4.78 is 41.2. The number of aryl methyl sites for hydroxylation is 1. The first-order valence-electron chi connectivity index (χ1n) is 8.74. The Morgan fingerprint density at radius 3 is 2.46 bits per heavy atom. The first kappa shape index (κ1) is 18.8. The molecule has 0 spiro atoms. The van der Waals surface area contributed by atoms with Crippen LogP contribution in [-0.2, 0) is 10.0 Å². The molecular formula is C19H24FN3O2S. The van der Waals surface area contributed by atoms with E-state index < -0.39 is 10.0 Å². The lowest BCUT2D eigenvalue weighted by Crippen LogP contribution is -2.48. The van der Waals surface area contributed by atoms with Crippen molar-refractivity contribution in [3.8, 4) is 0 Å². The maximum absolute atomic E-state index is 13.9. The van der Waals surface area contributed by atoms with Crippen molar-refractivity contribution in [3.05, 3.63) is 59.9 Å². The van der Waals surface area contributed by atoms with Gasteiger partial charge in [0, 0.05) is 39.3 Å². The molecule has 140 valence electrons. The van der Waals surface area contributed by atoms with Gasteiger partial charge in [0.25, 0.3) is 0 Å². The van der Waals surface area contributed by atoms with Gasteiger partial charge in [-0.3, -0.25) is 4.90 Å². The first-order valence-corrected chi connectivity index (χ1v) is 10.2. The van der Waals surface area contributed by atoms with E-state index in [0.717, 1.165) is 31.7 Å². The fraction of sp³-hybridized carbons (Fsp3) is 0.368. The van der Waals surface area contributed by atoms with E-state index in [-0.39, 0.29) is 5.82 Å². The predicted molar refractivity (Wildman–Crippen MR) is 101 cm³/mol. The predicted octanol–water partition coefficient (Wildman–Crippen LogP) is 2.23. The summed E-state index contributed by atoms with van der Waals surface area (Å²) in [5, 5.41) is 0. The third-order valence-corrected chi connectivity index (χ3v) is 6.04. The van der Waals surface area contributed by atoms with Crippen LogP contribution >= 0.6 is 0 Å². The molecule has 0 aromatic heterocycles. The molecule has 1 aliphatic heterocycles. The Morgan fingerprint density at radius 1 is 1.04 bits per heavy atom. The molecule has 2 aromatic rings. The second kappa shape index (κ2) is 8.16. The molecule has 2 aromatic carbocycles. The van der Waals surface area contributed by atoms with Gasteiger partial charge in [0.1, 0.15) is 5.82 Å². The average molecular weight is 377 g/mol. The number of hydrogen-bond acceptors (Lipinski definition) is 4. The molecule has 7 heteroatoms. The maximum Gasteiger partial charge on any atom is 0.240 e. The van der Waals surface area contributed by atoms with Crippen molar-refractivity contribution in [2.45, 2.75) is 11.8 Å². The van der Waals surface area contributed by atoms with Crippen LogP contribution in [-0.4, -0.2) is 52.6 Å². The molecule has 0 bridgehead atoms. The van der Waals surface area contributed by atoms with Crippen LogP contribution in [0.25, 0.3) is 0 Å². The Hall–Kier alpha value is -1.96. The minimum absolute atomic E-state index is 0.202. The van der Waals surface area contributed by atoms with E-state index in [9.17, 15) is 12.8 Å². The molecule has 3 rings (SSSR count). The summed E-state index contributed by atoms with van der Waals surface area (Å²) in [6, 6.07) is 13.7. The normalized spacial score (nSPS) is 16.0. The minimum Gasteiger partial charge on any atom is -0.367 e. The van der Waals surface area contributed by atoms with Crippen LogP contribution in [0, 0.1) is 12.7 Å². The fourth-order valence-electron chi connectivity index (χ4n) is 3.12. The molecule has 26 heavy (non-hydrogen) atoms. The van der Waals surface area contributed by atoms with Crippen molar-refractivity contribution in [2.75, 3.05) is 44.2 Å². The van der Waals surface area contributed by atoms with Crippen LogP contribution in [0.15, 0.2) is 53.4 Å².